The number of hydrogen-bond donors (Lipinski definition) is 1. The first-order valence-electron chi connectivity index (χ1n) is 6.09. The maximum atomic E-state index is 13.4. The minimum atomic E-state index is -0.147. The summed E-state index contributed by atoms with van der Waals surface area (Å²) in [5.74, 6) is -0.147. The Hall–Kier alpha value is -1.23. The first kappa shape index (κ1) is 12.8. The topological polar surface area (TPSA) is 12.0 Å². The maximum Gasteiger partial charge on any atom is 0.126 e. The molecule has 0 bridgehead atoms. The molecule has 1 N–H and O–H groups in total. The van der Waals surface area contributed by atoms with Crippen LogP contribution in [0.15, 0.2) is 35.7 Å². The fourth-order valence-corrected chi connectivity index (χ4v) is 4.51. The summed E-state index contributed by atoms with van der Waals surface area (Å²) in [6, 6.07) is 9.83. The predicted molar refractivity (Wildman–Crippen MR) is 81.7 cm³/mol. The molecular formula is C15H14FNS2. The molecule has 1 aromatic carbocycles. The lowest BCUT2D eigenvalue weighted by Gasteiger charge is -2.15. The van der Waals surface area contributed by atoms with Crippen LogP contribution in [0.4, 0.5) is 4.39 Å². The molecule has 19 heavy (non-hydrogen) atoms. The van der Waals surface area contributed by atoms with Gasteiger partial charge in [-0.1, -0.05) is 12.1 Å². The Balaban J connectivity index is 2.03. The van der Waals surface area contributed by atoms with Crippen LogP contribution in [0.3, 0.4) is 0 Å². The highest BCUT2D eigenvalue weighted by atomic mass is 32.1. The second-order valence-electron chi connectivity index (χ2n) is 4.53. The van der Waals surface area contributed by atoms with Crippen molar-refractivity contribution in [3.63, 3.8) is 0 Å². The fourth-order valence-electron chi connectivity index (χ4n) is 2.25. The van der Waals surface area contributed by atoms with Crippen molar-refractivity contribution in [3.05, 3.63) is 57.5 Å². The van der Waals surface area contributed by atoms with Crippen molar-refractivity contribution >= 4 is 32.1 Å². The molecule has 0 radical (unpaired) electrons. The molecular weight excluding hydrogens is 277 g/mol. The van der Waals surface area contributed by atoms with E-state index in [1.165, 1.54) is 14.3 Å². The quantitative estimate of drug-likeness (QED) is 0.736. The Bertz CT molecular complexity index is 685. The third-order valence-electron chi connectivity index (χ3n) is 3.25. The zero-order valence-electron chi connectivity index (χ0n) is 10.7. The normalized spacial score (nSPS) is 13.0. The molecule has 1 nitrogen and oxygen atoms in total. The van der Waals surface area contributed by atoms with Crippen LogP contribution in [0.25, 0.3) is 9.40 Å². The van der Waals surface area contributed by atoms with Crippen LogP contribution in [0, 0.1) is 12.7 Å². The lowest BCUT2D eigenvalue weighted by Crippen LogP contribution is -2.16. The molecule has 0 spiro atoms. The van der Waals surface area contributed by atoms with Crippen LogP contribution in [-0.4, -0.2) is 7.05 Å². The van der Waals surface area contributed by atoms with Crippen molar-refractivity contribution in [1.82, 2.24) is 5.32 Å². The van der Waals surface area contributed by atoms with E-state index in [1.54, 1.807) is 35.7 Å². The van der Waals surface area contributed by atoms with E-state index in [1.807, 2.05) is 19.2 Å². The number of nitrogens with one attached hydrogen (secondary N) is 1. The maximum absolute atomic E-state index is 13.4. The Morgan fingerprint density at radius 1 is 1.16 bits per heavy atom. The number of benzene rings is 1. The SMILES string of the molecule is CNC(c1ccc(F)c(C)c1)c1cc2sccc2s1. The molecule has 0 fully saturated rings. The van der Waals surface area contributed by atoms with Gasteiger partial charge < -0.3 is 5.32 Å². The molecule has 0 aliphatic carbocycles. The van der Waals surface area contributed by atoms with Gasteiger partial charge in [0.15, 0.2) is 0 Å². The van der Waals surface area contributed by atoms with E-state index in [4.69, 9.17) is 0 Å². The number of thiophene rings is 2. The molecule has 0 aliphatic heterocycles. The van der Waals surface area contributed by atoms with Gasteiger partial charge in [-0.2, -0.15) is 0 Å². The summed E-state index contributed by atoms with van der Waals surface area (Å²) in [5, 5.41) is 5.44. The zero-order valence-corrected chi connectivity index (χ0v) is 12.4. The van der Waals surface area contributed by atoms with Gasteiger partial charge in [0.1, 0.15) is 5.82 Å². The van der Waals surface area contributed by atoms with Gasteiger partial charge in [0.05, 0.1) is 6.04 Å². The van der Waals surface area contributed by atoms with Crippen molar-refractivity contribution in [1.29, 1.82) is 0 Å². The lowest BCUT2D eigenvalue weighted by atomic mass is 10.0. The summed E-state index contributed by atoms with van der Waals surface area (Å²) in [7, 11) is 1.94. The molecule has 2 heterocycles. The number of rotatable bonds is 3. The van der Waals surface area contributed by atoms with Gasteiger partial charge in [0.2, 0.25) is 0 Å². The Morgan fingerprint density at radius 2 is 2.00 bits per heavy atom. The van der Waals surface area contributed by atoms with Crippen LogP contribution in [0.5, 0.6) is 0 Å². The molecule has 0 saturated carbocycles. The van der Waals surface area contributed by atoms with E-state index in [0.717, 1.165) is 5.56 Å². The van der Waals surface area contributed by atoms with E-state index in [-0.39, 0.29) is 11.9 Å². The lowest BCUT2D eigenvalue weighted by molar-refractivity contribution is 0.614. The minimum absolute atomic E-state index is 0.129. The third kappa shape index (κ3) is 2.31. The van der Waals surface area contributed by atoms with Gasteiger partial charge in [-0.15, -0.1) is 22.7 Å². The van der Waals surface area contributed by atoms with E-state index in [2.05, 4.69) is 22.8 Å². The van der Waals surface area contributed by atoms with Crippen LogP contribution in [0.1, 0.15) is 22.0 Å². The fraction of sp³-hybridized carbons (Fsp3) is 0.200. The smallest absolute Gasteiger partial charge is 0.126 e. The number of aryl methyl sites for hydroxylation is 1. The van der Waals surface area contributed by atoms with Crippen molar-refractivity contribution < 1.29 is 4.39 Å². The molecule has 0 amide bonds. The molecule has 1 unspecified atom stereocenters. The largest absolute Gasteiger partial charge is 0.309 e. The number of hydrogen-bond acceptors (Lipinski definition) is 3. The van der Waals surface area contributed by atoms with E-state index in [9.17, 15) is 4.39 Å². The summed E-state index contributed by atoms with van der Waals surface area (Å²) in [4.78, 5) is 1.27. The molecule has 2 aromatic heterocycles. The van der Waals surface area contributed by atoms with Crippen LogP contribution >= 0.6 is 22.7 Å². The van der Waals surface area contributed by atoms with Crippen molar-refractivity contribution in [2.75, 3.05) is 7.05 Å². The van der Waals surface area contributed by atoms with E-state index >= 15 is 0 Å². The Labute approximate surface area is 119 Å². The van der Waals surface area contributed by atoms with E-state index in [0.29, 0.717) is 5.56 Å². The van der Waals surface area contributed by atoms with Crippen LogP contribution < -0.4 is 5.32 Å². The summed E-state index contributed by atoms with van der Waals surface area (Å²) < 4.78 is 16.0. The van der Waals surface area contributed by atoms with Gasteiger partial charge >= 0.3 is 0 Å². The number of halogens is 1. The van der Waals surface area contributed by atoms with Gasteiger partial charge in [-0.3, -0.25) is 0 Å². The van der Waals surface area contributed by atoms with Gasteiger partial charge in [-0.05, 0) is 48.7 Å². The van der Waals surface area contributed by atoms with Crippen LogP contribution in [0.2, 0.25) is 0 Å². The summed E-state index contributed by atoms with van der Waals surface area (Å²) in [6.07, 6.45) is 0. The highest BCUT2D eigenvalue weighted by Gasteiger charge is 2.16. The van der Waals surface area contributed by atoms with Crippen molar-refractivity contribution in [3.8, 4) is 0 Å². The third-order valence-corrected chi connectivity index (χ3v) is 5.41. The highest BCUT2D eigenvalue weighted by Crippen LogP contribution is 2.35. The van der Waals surface area contributed by atoms with Gasteiger partial charge in [0.25, 0.3) is 0 Å². The van der Waals surface area contributed by atoms with Crippen molar-refractivity contribution in [2.45, 2.75) is 13.0 Å². The first-order chi connectivity index (χ1) is 9.19. The zero-order chi connectivity index (χ0) is 13.4. The second-order valence-corrected chi connectivity index (χ2v) is 6.59. The first-order valence-corrected chi connectivity index (χ1v) is 7.79. The molecule has 1 atom stereocenters. The highest BCUT2D eigenvalue weighted by molar-refractivity contribution is 7.27. The number of fused-ring (bicyclic) bond motifs is 1. The summed E-state index contributed by atoms with van der Waals surface area (Å²) in [6.45, 7) is 1.80. The average molecular weight is 291 g/mol. The molecule has 0 aliphatic rings. The van der Waals surface area contributed by atoms with E-state index < -0.39 is 0 Å². The summed E-state index contributed by atoms with van der Waals surface area (Å²) >= 11 is 3.56. The Morgan fingerprint density at radius 3 is 2.68 bits per heavy atom. The van der Waals surface area contributed by atoms with Gasteiger partial charge in [0, 0.05) is 14.3 Å². The van der Waals surface area contributed by atoms with Crippen LogP contribution in [-0.2, 0) is 0 Å². The average Bonchev–Trinajstić information content (AvgIpc) is 2.95. The Kier molecular flexibility index (Phi) is 3.39. The standard InChI is InChI=1S/C15H14FNS2/c1-9-7-10(3-4-11(9)16)15(17-2)14-8-13-12(19-14)5-6-18-13/h3-8,15,17H,1-2H3. The molecule has 98 valence electrons. The minimum Gasteiger partial charge on any atom is -0.309 e. The molecule has 4 heteroatoms. The predicted octanol–water partition coefficient (Wildman–Crippen LogP) is 4.72. The molecule has 3 rings (SSSR count). The summed E-state index contributed by atoms with van der Waals surface area (Å²) in [5.41, 5.74) is 1.80. The monoisotopic (exact) mass is 291 g/mol. The van der Waals surface area contributed by atoms with Gasteiger partial charge in [-0.25, -0.2) is 4.39 Å². The second kappa shape index (κ2) is 5.04. The molecule has 3 aromatic rings. The molecule has 0 saturated heterocycles. The van der Waals surface area contributed by atoms with Crippen molar-refractivity contribution in [2.24, 2.45) is 0 Å².